The van der Waals surface area contributed by atoms with Gasteiger partial charge in [-0.25, -0.2) is 8.42 Å². The van der Waals surface area contributed by atoms with E-state index in [2.05, 4.69) is 17.3 Å². The maximum Gasteiger partial charge on any atom is 0.175 e. The molecule has 2 rings (SSSR count). The maximum absolute atomic E-state index is 11.4. The summed E-state index contributed by atoms with van der Waals surface area (Å²) >= 11 is 0. The zero-order valence-corrected chi connectivity index (χ0v) is 13.4. The molecule has 0 spiro atoms. The Bertz CT molecular complexity index is 690. The number of aromatic nitrogens is 2. The molecule has 0 amide bonds. The Hall–Kier alpha value is -1.66. The SMILES string of the molecule is Cc1cnn(C[C@@H](C)NCc2ccc(S(C)(=O)=O)cc2)c1. The molecule has 1 aromatic carbocycles. The van der Waals surface area contributed by atoms with Gasteiger partial charge in [0.25, 0.3) is 0 Å². The van der Waals surface area contributed by atoms with Gasteiger partial charge < -0.3 is 5.32 Å². The van der Waals surface area contributed by atoms with Gasteiger partial charge in [-0.15, -0.1) is 0 Å². The predicted molar refractivity (Wildman–Crippen MR) is 82.8 cm³/mol. The lowest BCUT2D eigenvalue weighted by molar-refractivity contribution is 0.450. The van der Waals surface area contributed by atoms with Crippen molar-refractivity contribution in [2.75, 3.05) is 6.26 Å². The first-order chi connectivity index (χ1) is 9.84. The molecule has 0 saturated carbocycles. The summed E-state index contributed by atoms with van der Waals surface area (Å²) in [5.74, 6) is 0. The van der Waals surface area contributed by atoms with E-state index in [1.165, 1.54) is 6.26 Å². The average Bonchev–Trinajstić information content (AvgIpc) is 2.81. The molecule has 2 aromatic rings. The molecular weight excluding hydrogens is 286 g/mol. The van der Waals surface area contributed by atoms with Gasteiger partial charge in [-0.1, -0.05) is 12.1 Å². The first kappa shape index (κ1) is 15.7. The van der Waals surface area contributed by atoms with Crippen LogP contribution in [-0.2, 0) is 22.9 Å². The third-order valence-electron chi connectivity index (χ3n) is 3.23. The highest BCUT2D eigenvalue weighted by Crippen LogP contribution is 2.10. The van der Waals surface area contributed by atoms with Crippen LogP contribution < -0.4 is 5.32 Å². The smallest absolute Gasteiger partial charge is 0.175 e. The molecule has 21 heavy (non-hydrogen) atoms. The number of nitrogens with one attached hydrogen (secondary N) is 1. The van der Waals surface area contributed by atoms with Crippen LogP contribution in [0, 0.1) is 6.92 Å². The Kier molecular flexibility index (Phi) is 4.80. The largest absolute Gasteiger partial charge is 0.308 e. The van der Waals surface area contributed by atoms with Crippen molar-refractivity contribution in [3.8, 4) is 0 Å². The minimum absolute atomic E-state index is 0.277. The molecule has 1 aromatic heterocycles. The molecule has 0 saturated heterocycles. The molecule has 1 atom stereocenters. The van der Waals surface area contributed by atoms with E-state index in [-0.39, 0.29) is 6.04 Å². The molecule has 5 nitrogen and oxygen atoms in total. The minimum Gasteiger partial charge on any atom is -0.308 e. The molecule has 0 aliphatic rings. The number of sulfone groups is 1. The minimum atomic E-state index is -3.12. The van der Waals surface area contributed by atoms with Crippen LogP contribution in [0.2, 0.25) is 0 Å². The van der Waals surface area contributed by atoms with Crippen LogP contribution in [0.25, 0.3) is 0 Å². The fourth-order valence-corrected chi connectivity index (χ4v) is 2.69. The quantitative estimate of drug-likeness (QED) is 0.883. The van der Waals surface area contributed by atoms with E-state index in [9.17, 15) is 8.42 Å². The van der Waals surface area contributed by atoms with Crippen LogP contribution in [0.15, 0.2) is 41.6 Å². The maximum atomic E-state index is 11.4. The summed E-state index contributed by atoms with van der Waals surface area (Å²) in [7, 11) is -3.12. The van der Waals surface area contributed by atoms with Crippen LogP contribution in [0.3, 0.4) is 0 Å². The summed E-state index contributed by atoms with van der Waals surface area (Å²) in [6, 6.07) is 7.25. The molecule has 114 valence electrons. The van der Waals surface area contributed by atoms with Crippen molar-refractivity contribution in [2.45, 2.75) is 37.9 Å². The number of benzene rings is 1. The second-order valence-corrected chi connectivity index (χ2v) is 7.45. The molecule has 0 radical (unpaired) electrons. The Morgan fingerprint density at radius 1 is 1.29 bits per heavy atom. The fourth-order valence-electron chi connectivity index (χ4n) is 2.06. The van der Waals surface area contributed by atoms with Gasteiger partial charge in [0.2, 0.25) is 0 Å². The lowest BCUT2D eigenvalue weighted by Gasteiger charge is -2.14. The number of aryl methyl sites for hydroxylation is 1. The van der Waals surface area contributed by atoms with E-state index in [0.29, 0.717) is 11.4 Å². The predicted octanol–water partition coefficient (Wildman–Crippen LogP) is 1.77. The molecule has 1 N–H and O–H groups in total. The van der Waals surface area contributed by atoms with Crippen LogP contribution in [0.4, 0.5) is 0 Å². The number of hydrogen-bond donors (Lipinski definition) is 1. The molecule has 6 heteroatoms. The van der Waals surface area contributed by atoms with Crippen LogP contribution >= 0.6 is 0 Å². The van der Waals surface area contributed by atoms with Gasteiger partial charge in [0, 0.05) is 25.0 Å². The van der Waals surface area contributed by atoms with E-state index in [1.807, 2.05) is 36.1 Å². The lowest BCUT2D eigenvalue weighted by Crippen LogP contribution is -2.30. The molecule has 0 aliphatic heterocycles. The van der Waals surface area contributed by atoms with Gasteiger partial charge in [0.1, 0.15) is 0 Å². The van der Waals surface area contributed by atoms with Crippen molar-refractivity contribution in [3.05, 3.63) is 47.8 Å². The zero-order valence-electron chi connectivity index (χ0n) is 12.6. The number of nitrogens with zero attached hydrogens (tertiary/aromatic N) is 2. The van der Waals surface area contributed by atoms with E-state index in [0.717, 1.165) is 17.7 Å². The van der Waals surface area contributed by atoms with Crippen LogP contribution in [0.1, 0.15) is 18.1 Å². The number of rotatable bonds is 6. The standard InChI is InChI=1S/C15H21N3O2S/c1-12-8-17-18(10-12)11-13(2)16-9-14-4-6-15(7-5-14)21(3,19)20/h4-8,10,13,16H,9,11H2,1-3H3/t13-/m1/s1. The summed E-state index contributed by atoms with van der Waals surface area (Å²) in [6.45, 7) is 5.62. The highest BCUT2D eigenvalue weighted by molar-refractivity contribution is 7.90. The highest BCUT2D eigenvalue weighted by Gasteiger charge is 2.07. The second-order valence-electron chi connectivity index (χ2n) is 5.44. The van der Waals surface area contributed by atoms with Gasteiger partial charge in [-0.3, -0.25) is 4.68 Å². The van der Waals surface area contributed by atoms with Crippen molar-refractivity contribution >= 4 is 9.84 Å². The van der Waals surface area contributed by atoms with E-state index in [1.54, 1.807) is 12.1 Å². The Morgan fingerprint density at radius 2 is 1.95 bits per heavy atom. The van der Waals surface area contributed by atoms with Crippen molar-refractivity contribution in [1.29, 1.82) is 0 Å². The van der Waals surface area contributed by atoms with Gasteiger partial charge in [0.15, 0.2) is 9.84 Å². The fraction of sp³-hybridized carbons (Fsp3) is 0.400. The lowest BCUT2D eigenvalue weighted by atomic mass is 10.2. The molecular formula is C15H21N3O2S. The normalized spacial score (nSPS) is 13.3. The van der Waals surface area contributed by atoms with Crippen molar-refractivity contribution < 1.29 is 8.42 Å². The molecule has 0 fully saturated rings. The summed E-state index contributed by atoms with van der Waals surface area (Å²) < 4.78 is 24.7. The number of hydrogen-bond acceptors (Lipinski definition) is 4. The third-order valence-corrected chi connectivity index (χ3v) is 4.36. The summed E-state index contributed by atoms with van der Waals surface area (Å²) in [5.41, 5.74) is 2.21. The second kappa shape index (κ2) is 6.41. The van der Waals surface area contributed by atoms with Gasteiger partial charge in [0.05, 0.1) is 17.6 Å². The van der Waals surface area contributed by atoms with E-state index >= 15 is 0 Å². The third kappa shape index (κ3) is 4.68. The van der Waals surface area contributed by atoms with Gasteiger partial charge >= 0.3 is 0 Å². The highest BCUT2D eigenvalue weighted by atomic mass is 32.2. The summed E-state index contributed by atoms with van der Waals surface area (Å²) in [4.78, 5) is 0.353. The van der Waals surface area contributed by atoms with E-state index < -0.39 is 9.84 Å². The van der Waals surface area contributed by atoms with Crippen LogP contribution in [0.5, 0.6) is 0 Å². The summed E-state index contributed by atoms with van der Waals surface area (Å²) in [5, 5.41) is 7.66. The van der Waals surface area contributed by atoms with Crippen molar-refractivity contribution in [2.24, 2.45) is 0 Å². The summed E-state index contributed by atoms with van der Waals surface area (Å²) in [6.07, 6.45) is 5.07. The average molecular weight is 307 g/mol. The Morgan fingerprint density at radius 3 is 2.48 bits per heavy atom. The zero-order chi connectivity index (χ0) is 15.5. The van der Waals surface area contributed by atoms with Crippen LogP contribution in [-0.4, -0.2) is 30.5 Å². The topological polar surface area (TPSA) is 64.0 Å². The first-order valence-corrected chi connectivity index (χ1v) is 8.75. The molecule has 0 unspecified atom stereocenters. The molecule has 0 aliphatic carbocycles. The Labute approximate surface area is 125 Å². The van der Waals surface area contributed by atoms with Crippen molar-refractivity contribution in [3.63, 3.8) is 0 Å². The monoisotopic (exact) mass is 307 g/mol. The van der Waals surface area contributed by atoms with E-state index in [4.69, 9.17) is 0 Å². The van der Waals surface area contributed by atoms with Crippen molar-refractivity contribution in [1.82, 2.24) is 15.1 Å². The molecule has 0 bridgehead atoms. The Balaban J connectivity index is 1.88. The van der Waals surface area contributed by atoms with Gasteiger partial charge in [-0.2, -0.15) is 5.10 Å². The first-order valence-electron chi connectivity index (χ1n) is 6.86. The van der Waals surface area contributed by atoms with Gasteiger partial charge in [-0.05, 0) is 37.1 Å². The molecule has 1 heterocycles.